The van der Waals surface area contributed by atoms with E-state index in [1.807, 2.05) is 0 Å². The average Bonchev–Trinajstić information content (AvgIpc) is 2.74. The SMILES string of the molecule is Cc1nc(CN(C)C(=O)c2cnccc2Cl)n[nH]1. The van der Waals surface area contributed by atoms with Gasteiger partial charge in [0.05, 0.1) is 17.1 Å². The smallest absolute Gasteiger partial charge is 0.257 e. The molecule has 2 aromatic heterocycles. The van der Waals surface area contributed by atoms with Gasteiger partial charge in [-0.05, 0) is 13.0 Å². The highest BCUT2D eigenvalue weighted by Crippen LogP contribution is 2.15. The number of aryl methyl sites for hydroxylation is 1. The highest BCUT2D eigenvalue weighted by molar-refractivity contribution is 6.33. The van der Waals surface area contributed by atoms with Crippen LogP contribution in [0, 0.1) is 6.92 Å². The van der Waals surface area contributed by atoms with E-state index in [1.165, 1.54) is 17.3 Å². The second kappa shape index (κ2) is 5.14. The molecule has 0 bridgehead atoms. The number of hydrogen-bond acceptors (Lipinski definition) is 4. The van der Waals surface area contributed by atoms with E-state index in [-0.39, 0.29) is 5.91 Å². The first-order valence-corrected chi connectivity index (χ1v) is 5.68. The molecule has 18 heavy (non-hydrogen) atoms. The van der Waals surface area contributed by atoms with Gasteiger partial charge in [0.2, 0.25) is 0 Å². The highest BCUT2D eigenvalue weighted by atomic mass is 35.5. The summed E-state index contributed by atoms with van der Waals surface area (Å²) >= 11 is 5.95. The molecule has 0 saturated heterocycles. The Balaban J connectivity index is 2.12. The zero-order valence-electron chi connectivity index (χ0n) is 10.0. The molecule has 0 aliphatic carbocycles. The van der Waals surface area contributed by atoms with Crippen LogP contribution in [0.25, 0.3) is 0 Å². The van der Waals surface area contributed by atoms with E-state index < -0.39 is 0 Å². The first kappa shape index (κ1) is 12.5. The quantitative estimate of drug-likeness (QED) is 0.911. The van der Waals surface area contributed by atoms with Gasteiger partial charge in [-0.2, -0.15) is 5.10 Å². The van der Waals surface area contributed by atoms with Crippen molar-refractivity contribution in [2.24, 2.45) is 0 Å². The van der Waals surface area contributed by atoms with E-state index in [9.17, 15) is 4.79 Å². The largest absolute Gasteiger partial charge is 0.334 e. The van der Waals surface area contributed by atoms with Crippen molar-refractivity contribution in [2.45, 2.75) is 13.5 Å². The third kappa shape index (κ3) is 2.65. The fourth-order valence-electron chi connectivity index (χ4n) is 1.48. The topological polar surface area (TPSA) is 74.8 Å². The van der Waals surface area contributed by atoms with Crippen molar-refractivity contribution in [3.63, 3.8) is 0 Å². The number of carbonyl (C=O) groups is 1. The molecule has 0 radical (unpaired) electrons. The normalized spacial score (nSPS) is 10.4. The van der Waals surface area contributed by atoms with Gasteiger partial charge >= 0.3 is 0 Å². The molecule has 0 aliphatic rings. The van der Waals surface area contributed by atoms with E-state index in [0.717, 1.165) is 0 Å². The molecule has 6 nitrogen and oxygen atoms in total. The molecular weight excluding hydrogens is 254 g/mol. The summed E-state index contributed by atoms with van der Waals surface area (Å²) in [5, 5.41) is 7.08. The molecule has 0 spiro atoms. The fraction of sp³-hybridized carbons (Fsp3) is 0.273. The molecule has 2 rings (SSSR count). The lowest BCUT2D eigenvalue weighted by Crippen LogP contribution is -2.27. The number of carbonyl (C=O) groups excluding carboxylic acids is 1. The summed E-state index contributed by atoms with van der Waals surface area (Å²) in [4.78, 5) is 21.6. The Morgan fingerprint density at radius 3 is 2.94 bits per heavy atom. The number of pyridine rings is 1. The summed E-state index contributed by atoms with van der Waals surface area (Å²) in [6.07, 6.45) is 2.99. The molecule has 0 unspecified atom stereocenters. The van der Waals surface area contributed by atoms with E-state index >= 15 is 0 Å². The number of nitrogens with zero attached hydrogens (tertiary/aromatic N) is 4. The number of rotatable bonds is 3. The maximum absolute atomic E-state index is 12.1. The molecule has 0 atom stereocenters. The molecule has 0 aliphatic heterocycles. The Morgan fingerprint density at radius 2 is 2.33 bits per heavy atom. The average molecular weight is 266 g/mol. The number of hydrogen-bond donors (Lipinski definition) is 1. The standard InChI is InChI=1S/C11H12ClN5O/c1-7-14-10(16-15-7)6-17(2)11(18)8-5-13-4-3-9(8)12/h3-5H,6H2,1-2H3,(H,14,15,16). The van der Waals surface area contributed by atoms with Crippen molar-refractivity contribution in [2.75, 3.05) is 7.05 Å². The zero-order valence-corrected chi connectivity index (χ0v) is 10.8. The maximum atomic E-state index is 12.1. The van der Waals surface area contributed by atoms with E-state index in [1.54, 1.807) is 20.0 Å². The highest BCUT2D eigenvalue weighted by Gasteiger charge is 2.16. The monoisotopic (exact) mass is 265 g/mol. The molecular formula is C11H12ClN5O. The fourth-order valence-corrected chi connectivity index (χ4v) is 1.67. The summed E-state index contributed by atoms with van der Waals surface area (Å²) in [6.45, 7) is 2.12. The van der Waals surface area contributed by atoms with E-state index in [4.69, 9.17) is 11.6 Å². The second-order valence-corrected chi connectivity index (χ2v) is 4.26. The van der Waals surface area contributed by atoms with Crippen LogP contribution < -0.4 is 0 Å². The number of aromatic amines is 1. The number of amides is 1. The van der Waals surface area contributed by atoms with Crippen LogP contribution in [-0.2, 0) is 6.54 Å². The van der Waals surface area contributed by atoms with Crippen LogP contribution in [0.15, 0.2) is 18.5 Å². The van der Waals surface area contributed by atoms with E-state index in [2.05, 4.69) is 20.2 Å². The van der Waals surface area contributed by atoms with E-state index in [0.29, 0.717) is 28.8 Å². The first-order valence-electron chi connectivity index (χ1n) is 5.31. The molecule has 0 fully saturated rings. The molecule has 2 heterocycles. The van der Waals surface area contributed by atoms with Crippen LogP contribution in [0.1, 0.15) is 22.0 Å². The molecule has 7 heteroatoms. The number of H-pyrrole nitrogens is 1. The third-order valence-corrected chi connectivity index (χ3v) is 2.70. The summed E-state index contributed by atoms with van der Waals surface area (Å²) in [7, 11) is 1.66. The molecule has 1 amide bonds. The lowest BCUT2D eigenvalue weighted by Gasteiger charge is -2.15. The van der Waals surface area contributed by atoms with Crippen LogP contribution in [-0.4, -0.2) is 38.0 Å². The lowest BCUT2D eigenvalue weighted by atomic mass is 10.2. The predicted octanol–water partition coefficient (Wildman–Crippen LogP) is 1.43. The Labute approximate surface area is 109 Å². The Bertz CT molecular complexity index is 568. The first-order chi connectivity index (χ1) is 8.58. The summed E-state index contributed by atoms with van der Waals surface area (Å²) in [5.41, 5.74) is 0.369. The van der Waals surface area contributed by atoms with Gasteiger partial charge in [0.15, 0.2) is 5.82 Å². The Hall–Kier alpha value is -1.95. The van der Waals surface area contributed by atoms with Gasteiger partial charge < -0.3 is 4.90 Å². The Kier molecular flexibility index (Phi) is 3.57. The third-order valence-electron chi connectivity index (χ3n) is 2.37. The van der Waals surface area contributed by atoms with Crippen molar-refractivity contribution in [3.05, 3.63) is 40.7 Å². The molecule has 0 aromatic carbocycles. The molecule has 2 aromatic rings. The van der Waals surface area contributed by atoms with Crippen LogP contribution in [0.5, 0.6) is 0 Å². The number of halogens is 1. The molecule has 1 N–H and O–H groups in total. The van der Waals surface area contributed by atoms with Gasteiger partial charge in [0, 0.05) is 19.4 Å². The van der Waals surface area contributed by atoms with Crippen molar-refractivity contribution in [1.82, 2.24) is 25.1 Å². The Morgan fingerprint density at radius 1 is 1.56 bits per heavy atom. The van der Waals surface area contributed by atoms with Crippen molar-refractivity contribution < 1.29 is 4.79 Å². The summed E-state index contributed by atoms with van der Waals surface area (Å²) in [6, 6.07) is 1.58. The lowest BCUT2D eigenvalue weighted by molar-refractivity contribution is 0.0781. The van der Waals surface area contributed by atoms with Crippen LogP contribution in [0.2, 0.25) is 5.02 Å². The predicted molar refractivity (Wildman–Crippen MR) is 66.2 cm³/mol. The van der Waals surface area contributed by atoms with Crippen LogP contribution in [0.4, 0.5) is 0 Å². The van der Waals surface area contributed by atoms with Gasteiger partial charge in [0.25, 0.3) is 5.91 Å². The van der Waals surface area contributed by atoms with Crippen LogP contribution >= 0.6 is 11.6 Å². The number of aromatic nitrogens is 4. The summed E-state index contributed by atoms with van der Waals surface area (Å²) in [5.74, 6) is 1.06. The van der Waals surface area contributed by atoms with Gasteiger partial charge in [-0.15, -0.1) is 0 Å². The van der Waals surface area contributed by atoms with Gasteiger partial charge in [-0.1, -0.05) is 11.6 Å². The summed E-state index contributed by atoms with van der Waals surface area (Å²) < 4.78 is 0. The molecule has 0 saturated carbocycles. The van der Waals surface area contributed by atoms with Crippen molar-refractivity contribution >= 4 is 17.5 Å². The van der Waals surface area contributed by atoms with Gasteiger partial charge in [-0.25, -0.2) is 4.98 Å². The second-order valence-electron chi connectivity index (χ2n) is 3.85. The molecule has 94 valence electrons. The van der Waals surface area contributed by atoms with Crippen molar-refractivity contribution in [1.29, 1.82) is 0 Å². The van der Waals surface area contributed by atoms with Crippen molar-refractivity contribution in [3.8, 4) is 0 Å². The maximum Gasteiger partial charge on any atom is 0.257 e. The number of nitrogens with one attached hydrogen (secondary N) is 1. The van der Waals surface area contributed by atoms with Crippen LogP contribution in [0.3, 0.4) is 0 Å². The van der Waals surface area contributed by atoms with Gasteiger partial charge in [0.1, 0.15) is 5.82 Å². The zero-order chi connectivity index (χ0) is 13.1. The minimum Gasteiger partial charge on any atom is -0.334 e. The van der Waals surface area contributed by atoms with Gasteiger partial charge in [-0.3, -0.25) is 14.9 Å². The minimum atomic E-state index is -0.212. The minimum absolute atomic E-state index is 0.212.